The fourth-order valence-electron chi connectivity index (χ4n) is 2.43. The van der Waals surface area contributed by atoms with Gasteiger partial charge in [0, 0.05) is 19.3 Å². The van der Waals surface area contributed by atoms with Gasteiger partial charge < -0.3 is 15.4 Å². The molecular formula is C21H31IN4O. The van der Waals surface area contributed by atoms with Gasteiger partial charge in [0.25, 0.3) is 0 Å². The minimum atomic E-state index is 0. The maximum atomic E-state index is 5.76. The molecule has 0 fully saturated rings. The molecule has 0 aliphatic heterocycles. The standard InChI is InChI=1S/C21H30N4O.HI/c1-3-5-7-15-24-21(22-4-2)25-16-18-10-12-20(13-11-18)26-17-19-9-6-8-14-23-19;/h6,8-14H,3-5,7,15-17H2,1-2H3,(H2,22,24,25);1H. The van der Waals surface area contributed by atoms with Crippen LogP contribution in [-0.2, 0) is 13.2 Å². The molecule has 0 bridgehead atoms. The summed E-state index contributed by atoms with van der Waals surface area (Å²) in [7, 11) is 0. The summed E-state index contributed by atoms with van der Waals surface area (Å²) in [6.45, 7) is 7.23. The van der Waals surface area contributed by atoms with E-state index in [-0.39, 0.29) is 24.0 Å². The maximum Gasteiger partial charge on any atom is 0.191 e. The third-order valence-corrected chi connectivity index (χ3v) is 3.87. The van der Waals surface area contributed by atoms with E-state index in [4.69, 9.17) is 4.74 Å². The van der Waals surface area contributed by atoms with Crippen molar-refractivity contribution in [3.63, 3.8) is 0 Å². The number of rotatable bonds is 10. The molecule has 1 aromatic heterocycles. The Bertz CT molecular complexity index is 647. The van der Waals surface area contributed by atoms with Crippen LogP contribution in [0, 0.1) is 0 Å². The molecule has 5 nitrogen and oxygen atoms in total. The number of hydrogen-bond donors (Lipinski definition) is 2. The monoisotopic (exact) mass is 482 g/mol. The van der Waals surface area contributed by atoms with Gasteiger partial charge in [-0.3, -0.25) is 4.98 Å². The Hall–Kier alpha value is -1.83. The van der Waals surface area contributed by atoms with Crippen LogP contribution in [-0.4, -0.2) is 24.0 Å². The molecule has 0 atom stereocenters. The van der Waals surface area contributed by atoms with Crippen LogP contribution in [0.5, 0.6) is 5.75 Å². The molecule has 0 saturated carbocycles. The summed E-state index contributed by atoms with van der Waals surface area (Å²) in [4.78, 5) is 8.91. The first-order valence-corrected chi connectivity index (χ1v) is 9.45. The molecule has 148 valence electrons. The van der Waals surface area contributed by atoms with Gasteiger partial charge >= 0.3 is 0 Å². The Kier molecular flexibility index (Phi) is 12.3. The van der Waals surface area contributed by atoms with E-state index in [0.29, 0.717) is 13.2 Å². The Balaban J connectivity index is 0.00000364. The van der Waals surface area contributed by atoms with E-state index < -0.39 is 0 Å². The second-order valence-corrected chi connectivity index (χ2v) is 6.08. The van der Waals surface area contributed by atoms with E-state index in [0.717, 1.165) is 36.1 Å². The summed E-state index contributed by atoms with van der Waals surface area (Å²) >= 11 is 0. The average Bonchev–Trinajstić information content (AvgIpc) is 2.69. The van der Waals surface area contributed by atoms with Gasteiger partial charge in [-0.05, 0) is 43.2 Å². The normalized spacial score (nSPS) is 10.8. The first-order chi connectivity index (χ1) is 12.8. The fourth-order valence-corrected chi connectivity index (χ4v) is 2.43. The molecule has 2 aromatic rings. The van der Waals surface area contributed by atoms with Gasteiger partial charge in [0.05, 0.1) is 12.2 Å². The molecule has 2 N–H and O–H groups in total. The number of halogens is 1. The van der Waals surface area contributed by atoms with Gasteiger partial charge in [-0.2, -0.15) is 0 Å². The zero-order valence-corrected chi connectivity index (χ0v) is 18.6. The molecule has 0 aliphatic carbocycles. The van der Waals surface area contributed by atoms with Crippen LogP contribution in [0.3, 0.4) is 0 Å². The Morgan fingerprint density at radius 3 is 2.52 bits per heavy atom. The second kappa shape index (κ2) is 14.3. The summed E-state index contributed by atoms with van der Waals surface area (Å²) in [5.74, 6) is 1.71. The highest BCUT2D eigenvalue weighted by Gasteiger charge is 2.00. The molecule has 0 saturated heterocycles. The van der Waals surface area contributed by atoms with Gasteiger partial charge in [-0.25, -0.2) is 4.99 Å². The van der Waals surface area contributed by atoms with Crippen molar-refractivity contribution in [1.82, 2.24) is 15.6 Å². The number of hydrogen-bond acceptors (Lipinski definition) is 3. The topological polar surface area (TPSA) is 58.5 Å². The summed E-state index contributed by atoms with van der Waals surface area (Å²) < 4.78 is 5.76. The molecule has 0 radical (unpaired) electrons. The number of unbranched alkanes of at least 4 members (excludes halogenated alkanes) is 2. The van der Waals surface area contributed by atoms with Crippen molar-refractivity contribution >= 4 is 29.9 Å². The maximum absolute atomic E-state index is 5.76. The Morgan fingerprint density at radius 1 is 1.04 bits per heavy atom. The second-order valence-electron chi connectivity index (χ2n) is 6.08. The molecule has 2 rings (SSSR count). The van der Waals surface area contributed by atoms with Gasteiger partial charge in [-0.1, -0.05) is 38.0 Å². The van der Waals surface area contributed by atoms with Crippen LogP contribution in [0.4, 0.5) is 0 Å². The van der Waals surface area contributed by atoms with Crippen LogP contribution in [0.2, 0.25) is 0 Å². The van der Waals surface area contributed by atoms with E-state index in [1.54, 1.807) is 6.20 Å². The van der Waals surface area contributed by atoms with Gasteiger partial charge in [0.15, 0.2) is 5.96 Å². The van der Waals surface area contributed by atoms with Crippen molar-refractivity contribution < 1.29 is 4.74 Å². The predicted molar refractivity (Wildman–Crippen MR) is 123 cm³/mol. The third-order valence-electron chi connectivity index (χ3n) is 3.87. The summed E-state index contributed by atoms with van der Waals surface area (Å²) in [5, 5.41) is 6.67. The molecule has 1 heterocycles. The van der Waals surface area contributed by atoms with Crippen molar-refractivity contribution in [2.24, 2.45) is 4.99 Å². The van der Waals surface area contributed by atoms with Gasteiger partial charge in [0.1, 0.15) is 12.4 Å². The number of benzene rings is 1. The molecule has 6 heteroatoms. The van der Waals surface area contributed by atoms with Crippen LogP contribution in [0.25, 0.3) is 0 Å². The predicted octanol–water partition coefficient (Wildman–Crippen LogP) is 4.52. The zero-order chi connectivity index (χ0) is 18.5. The first-order valence-electron chi connectivity index (χ1n) is 9.45. The van der Waals surface area contributed by atoms with E-state index in [2.05, 4.69) is 46.6 Å². The van der Waals surface area contributed by atoms with Crippen molar-refractivity contribution in [3.8, 4) is 5.75 Å². The van der Waals surface area contributed by atoms with Crippen LogP contribution in [0.15, 0.2) is 53.7 Å². The fraction of sp³-hybridized carbons (Fsp3) is 0.429. The third kappa shape index (κ3) is 9.60. The minimum Gasteiger partial charge on any atom is -0.487 e. The van der Waals surface area contributed by atoms with E-state index >= 15 is 0 Å². The van der Waals surface area contributed by atoms with Gasteiger partial charge in [0.2, 0.25) is 0 Å². The molecule has 0 amide bonds. The van der Waals surface area contributed by atoms with Crippen molar-refractivity contribution in [2.75, 3.05) is 13.1 Å². The summed E-state index contributed by atoms with van der Waals surface area (Å²) in [6, 6.07) is 13.9. The van der Waals surface area contributed by atoms with E-state index in [1.807, 2.05) is 30.3 Å². The van der Waals surface area contributed by atoms with Crippen LogP contribution in [0.1, 0.15) is 44.4 Å². The van der Waals surface area contributed by atoms with Crippen molar-refractivity contribution in [2.45, 2.75) is 46.3 Å². The largest absolute Gasteiger partial charge is 0.487 e. The quantitative estimate of drug-likeness (QED) is 0.226. The lowest BCUT2D eigenvalue weighted by Gasteiger charge is -2.11. The SMILES string of the molecule is CCCCCNC(=NCc1ccc(OCc2ccccn2)cc1)NCC.I. The Morgan fingerprint density at radius 2 is 1.85 bits per heavy atom. The molecule has 27 heavy (non-hydrogen) atoms. The summed E-state index contributed by atoms with van der Waals surface area (Å²) in [5.41, 5.74) is 2.08. The highest BCUT2D eigenvalue weighted by atomic mass is 127. The zero-order valence-electron chi connectivity index (χ0n) is 16.3. The lowest BCUT2D eigenvalue weighted by atomic mass is 10.2. The minimum absolute atomic E-state index is 0. The number of nitrogens with zero attached hydrogens (tertiary/aromatic N) is 2. The molecule has 0 unspecified atom stereocenters. The molecular weight excluding hydrogens is 451 g/mol. The number of ether oxygens (including phenoxy) is 1. The Labute approximate surface area is 180 Å². The van der Waals surface area contributed by atoms with Crippen molar-refractivity contribution in [3.05, 3.63) is 59.9 Å². The van der Waals surface area contributed by atoms with Crippen molar-refractivity contribution in [1.29, 1.82) is 0 Å². The first kappa shape index (κ1) is 23.2. The molecule has 0 spiro atoms. The summed E-state index contributed by atoms with van der Waals surface area (Å²) in [6.07, 6.45) is 5.41. The van der Waals surface area contributed by atoms with Gasteiger partial charge in [-0.15, -0.1) is 24.0 Å². The molecule has 0 aliphatic rings. The number of aliphatic imine (C=N–C) groups is 1. The molecule has 1 aromatic carbocycles. The lowest BCUT2D eigenvalue weighted by molar-refractivity contribution is 0.301. The number of nitrogens with one attached hydrogen (secondary N) is 2. The van der Waals surface area contributed by atoms with E-state index in [9.17, 15) is 0 Å². The number of guanidine groups is 1. The number of aromatic nitrogens is 1. The highest BCUT2D eigenvalue weighted by Crippen LogP contribution is 2.14. The van der Waals surface area contributed by atoms with Crippen LogP contribution >= 0.6 is 24.0 Å². The van der Waals surface area contributed by atoms with Crippen LogP contribution < -0.4 is 15.4 Å². The smallest absolute Gasteiger partial charge is 0.191 e. The number of pyridine rings is 1. The average molecular weight is 482 g/mol. The lowest BCUT2D eigenvalue weighted by Crippen LogP contribution is -2.37. The van der Waals surface area contributed by atoms with E-state index in [1.165, 1.54) is 19.3 Å². The highest BCUT2D eigenvalue weighted by molar-refractivity contribution is 14.0.